The van der Waals surface area contributed by atoms with Crippen molar-refractivity contribution in [3.05, 3.63) is 35.9 Å². The van der Waals surface area contributed by atoms with E-state index in [2.05, 4.69) is 0 Å². The molecule has 24 heavy (non-hydrogen) atoms. The van der Waals surface area contributed by atoms with E-state index in [0.717, 1.165) is 0 Å². The van der Waals surface area contributed by atoms with Crippen molar-refractivity contribution in [2.24, 2.45) is 5.73 Å². The van der Waals surface area contributed by atoms with Gasteiger partial charge in [-0.3, -0.25) is 10.5 Å². The largest absolute Gasteiger partial charge is 0.478 e. The highest BCUT2D eigenvalue weighted by molar-refractivity contribution is 7.80. The zero-order chi connectivity index (χ0) is 18.8. The zero-order valence-electron chi connectivity index (χ0n) is 15.1. The van der Waals surface area contributed by atoms with Gasteiger partial charge in [0.05, 0.1) is 0 Å². The molecule has 0 amide bonds. The fourth-order valence-corrected chi connectivity index (χ4v) is 2.42. The van der Waals surface area contributed by atoms with E-state index in [0.29, 0.717) is 5.56 Å². The van der Waals surface area contributed by atoms with Gasteiger partial charge in [-0.25, -0.2) is 0 Å². The maximum Gasteiger partial charge on any atom is 0.318 e. The second-order valence-corrected chi connectivity index (χ2v) is 8.08. The number of thiocarbonyl (C=S) groups is 1. The lowest BCUT2D eigenvalue weighted by Gasteiger charge is -2.35. The van der Waals surface area contributed by atoms with Crippen LogP contribution in [0.5, 0.6) is 0 Å². The third-order valence-electron chi connectivity index (χ3n) is 2.94. The van der Waals surface area contributed by atoms with Gasteiger partial charge in [0.1, 0.15) is 17.1 Å². The van der Waals surface area contributed by atoms with Gasteiger partial charge in [0.2, 0.25) is 10.8 Å². The molecule has 0 aromatic heterocycles. The van der Waals surface area contributed by atoms with E-state index in [1.165, 1.54) is 0 Å². The summed E-state index contributed by atoms with van der Waals surface area (Å²) in [7, 11) is 0. The van der Waals surface area contributed by atoms with Gasteiger partial charge in [-0.1, -0.05) is 30.3 Å². The predicted molar refractivity (Wildman–Crippen MR) is 97.6 cm³/mol. The van der Waals surface area contributed by atoms with Crippen LogP contribution in [-0.4, -0.2) is 33.1 Å². The highest BCUT2D eigenvalue weighted by atomic mass is 32.1. The van der Waals surface area contributed by atoms with Gasteiger partial charge in [-0.15, -0.1) is 0 Å². The minimum Gasteiger partial charge on any atom is -0.478 e. The number of aliphatic hydroxyl groups is 1. The zero-order valence-corrected chi connectivity index (χ0v) is 15.9. The monoisotopic (exact) mass is 353 g/mol. The molecule has 0 spiro atoms. The standard InChI is InChI=1S/C18H27NO4S/c1-16(2,3)22-14(20)13(12-10-8-7-9-11-12)18(19,21)15(24)23-17(4,5)6/h7-11,13,21H,19H2,1-6H3. The Morgan fingerprint density at radius 1 is 1.04 bits per heavy atom. The first-order valence-corrected chi connectivity index (χ1v) is 8.17. The third-order valence-corrected chi connectivity index (χ3v) is 3.35. The van der Waals surface area contributed by atoms with Gasteiger partial charge in [-0.2, -0.15) is 0 Å². The number of ether oxygens (including phenoxy) is 2. The number of hydrogen-bond acceptors (Lipinski definition) is 6. The summed E-state index contributed by atoms with van der Waals surface area (Å²) in [6.07, 6.45) is 0. The molecule has 5 nitrogen and oxygen atoms in total. The van der Waals surface area contributed by atoms with Crippen molar-refractivity contribution in [1.29, 1.82) is 0 Å². The number of carbonyl (C=O) groups is 1. The lowest BCUT2D eigenvalue weighted by molar-refractivity contribution is -0.161. The Labute approximate surface area is 149 Å². The number of carbonyl (C=O) groups excluding carboxylic acids is 1. The smallest absolute Gasteiger partial charge is 0.318 e. The topological polar surface area (TPSA) is 81.8 Å². The number of rotatable bonds is 4. The molecule has 0 radical (unpaired) electrons. The van der Waals surface area contributed by atoms with Crippen LogP contribution >= 0.6 is 12.2 Å². The minimum atomic E-state index is -2.19. The van der Waals surface area contributed by atoms with E-state index < -0.39 is 28.8 Å². The Bertz CT molecular complexity index is 585. The third kappa shape index (κ3) is 5.85. The lowest BCUT2D eigenvalue weighted by Crippen LogP contribution is -2.57. The fraction of sp³-hybridized carbons (Fsp3) is 0.556. The SMILES string of the molecule is CC(C)(C)OC(=O)C(c1ccccc1)C(N)(O)C(=S)OC(C)(C)C. The van der Waals surface area contributed by atoms with Gasteiger partial charge in [0, 0.05) is 0 Å². The molecule has 0 aliphatic rings. The molecule has 0 aliphatic carbocycles. The summed E-state index contributed by atoms with van der Waals surface area (Å²) >= 11 is 5.17. The second-order valence-electron chi connectivity index (χ2n) is 7.70. The summed E-state index contributed by atoms with van der Waals surface area (Å²) in [5.74, 6) is -1.87. The molecular formula is C18H27NO4S. The Morgan fingerprint density at radius 3 is 1.92 bits per heavy atom. The number of hydrogen-bond donors (Lipinski definition) is 2. The van der Waals surface area contributed by atoms with Crippen molar-refractivity contribution >= 4 is 23.2 Å². The normalized spacial score (nSPS) is 16.0. The van der Waals surface area contributed by atoms with Crippen LogP contribution in [0, 0.1) is 0 Å². The van der Waals surface area contributed by atoms with Crippen LogP contribution in [0.4, 0.5) is 0 Å². The van der Waals surface area contributed by atoms with E-state index in [4.69, 9.17) is 27.4 Å². The first kappa shape index (κ1) is 20.5. The molecule has 1 aromatic carbocycles. The molecule has 134 valence electrons. The number of nitrogens with two attached hydrogens (primary N) is 1. The van der Waals surface area contributed by atoms with E-state index in [-0.39, 0.29) is 5.05 Å². The van der Waals surface area contributed by atoms with Crippen molar-refractivity contribution in [3.8, 4) is 0 Å². The quantitative estimate of drug-likeness (QED) is 0.492. The molecule has 0 saturated carbocycles. The molecule has 6 heteroatoms. The molecule has 1 aromatic rings. The van der Waals surface area contributed by atoms with Crippen LogP contribution in [0.15, 0.2) is 30.3 Å². The Morgan fingerprint density at radius 2 is 1.50 bits per heavy atom. The van der Waals surface area contributed by atoms with Crippen molar-refractivity contribution in [3.63, 3.8) is 0 Å². The molecule has 2 unspecified atom stereocenters. The minimum absolute atomic E-state index is 0.255. The first-order valence-electron chi connectivity index (χ1n) is 7.76. The van der Waals surface area contributed by atoms with E-state index in [1.807, 2.05) is 0 Å². The molecular weight excluding hydrogens is 326 g/mol. The van der Waals surface area contributed by atoms with Gasteiger partial charge in [0.15, 0.2) is 0 Å². The maximum atomic E-state index is 12.7. The fourth-order valence-electron chi connectivity index (χ4n) is 2.05. The average Bonchev–Trinajstić information content (AvgIpc) is 2.35. The van der Waals surface area contributed by atoms with Crippen LogP contribution < -0.4 is 5.73 Å². The second kappa shape index (κ2) is 7.17. The Kier molecular flexibility index (Phi) is 6.14. The van der Waals surface area contributed by atoms with E-state index in [1.54, 1.807) is 71.9 Å². The van der Waals surface area contributed by atoms with Crippen LogP contribution in [0.2, 0.25) is 0 Å². The van der Waals surface area contributed by atoms with Crippen LogP contribution in [0.1, 0.15) is 53.0 Å². The summed E-state index contributed by atoms with van der Waals surface area (Å²) in [4.78, 5) is 12.7. The molecule has 0 saturated heterocycles. The molecule has 0 heterocycles. The predicted octanol–water partition coefficient (Wildman–Crippen LogP) is 2.90. The van der Waals surface area contributed by atoms with Gasteiger partial charge < -0.3 is 14.6 Å². The summed E-state index contributed by atoms with van der Waals surface area (Å²) < 4.78 is 11.0. The van der Waals surface area contributed by atoms with Crippen molar-refractivity contribution in [1.82, 2.24) is 0 Å². The Balaban J connectivity index is 3.26. The summed E-state index contributed by atoms with van der Waals surface area (Å²) in [5.41, 5.74) is 2.98. The maximum absolute atomic E-state index is 12.7. The van der Waals surface area contributed by atoms with Crippen molar-refractivity contribution < 1.29 is 19.4 Å². The first-order chi connectivity index (χ1) is 10.7. The Hall–Kier alpha value is -1.50. The van der Waals surface area contributed by atoms with Crippen LogP contribution in [0.3, 0.4) is 0 Å². The summed E-state index contributed by atoms with van der Waals surface area (Å²) in [6.45, 7) is 10.6. The van der Waals surface area contributed by atoms with Crippen molar-refractivity contribution in [2.45, 2.75) is 64.4 Å². The van der Waals surface area contributed by atoms with Crippen LogP contribution in [-0.2, 0) is 14.3 Å². The van der Waals surface area contributed by atoms with E-state index in [9.17, 15) is 9.90 Å². The van der Waals surface area contributed by atoms with E-state index >= 15 is 0 Å². The molecule has 0 bridgehead atoms. The summed E-state index contributed by atoms with van der Waals surface area (Å²) in [6, 6.07) is 8.67. The van der Waals surface area contributed by atoms with Gasteiger partial charge in [0.25, 0.3) is 0 Å². The van der Waals surface area contributed by atoms with Crippen LogP contribution in [0.25, 0.3) is 0 Å². The molecule has 0 aliphatic heterocycles. The molecule has 2 atom stereocenters. The highest BCUT2D eigenvalue weighted by Gasteiger charge is 2.47. The molecule has 0 fully saturated rings. The number of benzene rings is 1. The van der Waals surface area contributed by atoms with Gasteiger partial charge >= 0.3 is 5.97 Å². The molecule has 3 N–H and O–H groups in total. The highest BCUT2D eigenvalue weighted by Crippen LogP contribution is 2.31. The summed E-state index contributed by atoms with van der Waals surface area (Å²) in [5, 5.41) is 10.6. The average molecular weight is 353 g/mol. The van der Waals surface area contributed by atoms with Gasteiger partial charge in [-0.05, 0) is 59.3 Å². The van der Waals surface area contributed by atoms with Crippen molar-refractivity contribution in [2.75, 3.05) is 0 Å². The molecule has 1 rings (SSSR count). The number of esters is 1. The lowest BCUT2D eigenvalue weighted by atomic mass is 9.88.